The summed E-state index contributed by atoms with van der Waals surface area (Å²) in [4.78, 5) is 11.2. The fourth-order valence-electron chi connectivity index (χ4n) is 0.799. The Balaban J connectivity index is 2.87. The van der Waals surface area contributed by atoms with Crippen LogP contribution >= 0.6 is 0 Å². The number of rotatable bonds is 2. The van der Waals surface area contributed by atoms with Crippen molar-refractivity contribution in [3.63, 3.8) is 0 Å². The molecule has 2 nitrogen and oxygen atoms in total. The van der Waals surface area contributed by atoms with Crippen molar-refractivity contribution in [3.8, 4) is 0 Å². The molecule has 0 spiro atoms. The summed E-state index contributed by atoms with van der Waals surface area (Å²) in [5, 5.41) is 8.24. The predicted molar refractivity (Wildman–Crippen MR) is 46.1 cm³/mol. The normalized spacial score (nSPS) is 8.33. The van der Waals surface area contributed by atoms with E-state index in [9.17, 15) is 4.79 Å². The molecule has 0 radical (unpaired) electrons. The Hall–Kier alpha value is -1.79. The number of carbonyl (C=O) groups is 1. The summed E-state index contributed by atoms with van der Waals surface area (Å²) < 4.78 is 0. The van der Waals surface area contributed by atoms with Crippen LogP contribution in [0, 0.1) is 0 Å². The van der Waals surface area contributed by atoms with Crippen molar-refractivity contribution in [3.05, 3.63) is 54.0 Å². The van der Waals surface area contributed by atoms with Crippen molar-refractivity contribution in [1.82, 2.24) is 0 Å². The molecule has 0 amide bonds. The molecule has 0 unspecified atom stereocenters. The van der Waals surface area contributed by atoms with Gasteiger partial charge in [0.05, 0.1) is 0 Å². The molecule has 12 heavy (non-hydrogen) atoms. The highest BCUT2D eigenvalue weighted by molar-refractivity contribution is 6.04. The van der Waals surface area contributed by atoms with Gasteiger partial charge in [-0.1, -0.05) is 36.1 Å². The van der Waals surface area contributed by atoms with Crippen molar-refractivity contribution in [2.75, 3.05) is 0 Å². The summed E-state index contributed by atoms with van der Waals surface area (Å²) in [6.45, 7) is 0. The van der Waals surface area contributed by atoms with E-state index >= 15 is 0 Å². The van der Waals surface area contributed by atoms with Crippen LogP contribution < -0.4 is 0 Å². The van der Waals surface area contributed by atoms with E-state index in [4.69, 9.17) is 5.11 Å². The third kappa shape index (κ3) is 2.11. The average molecular weight is 160 g/mol. The second-order valence-electron chi connectivity index (χ2n) is 2.17. The number of aliphatic hydroxyl groups excluding tert-OH is 1. The van der Waals surface area contributed by atoms with Crippen LogP contribution in [0.5, 0.6) is 0 Å². The van der Waals surface area contributed by atoms with E-state index in [-0.39, 0.29) is 5.78 Å². The first-order valence-electron chi connectivity index (χ1n) is 3.49. The molecule has 0 fully saturated rings. The van der Waals surface area contributed by atoms with Crippen LogP contribution in [0.15, 0.2) is 48.4 Å². The monoisotopic (exact) mass is 160 g/mol. The Morgan fingerprint density at radius 2 is 2.00 bits per heavy atom. The highest BCUT2D eigenvalue weighted by Crippen LogP contribution is 1.99. The zero-order chi connectivity index (χ0) is 8.81. The predicted octanol–water partition coefficient (Wildman–Crippen LogP) is 2.10. The third-order valence-corrected chi connectivity index (χ3v) is 1.35. The van der Waals surface area contributed by atoms with E-state index in [1.54, 1.807) is 24.3 Å². The van der Waals surface area contributed by atoms with Gasteiger partial charge < -0.3 is 5.11 Å². The summed E-state index contributed by atoms with van der Waals surface area (Å²) in [7, 11) is 0. The second kappa shape index (κ2) is 4.16. The Bertz CT molecular complexity index is 319. The average Bonchev–Trinajstić information content (AvgIpc) is 2.15. The molecule has 1 N–H and O–H groups in total. The number of carbonyl (C=O) groups excluding carboxylic acids is 1. The van der Waals surface area contributed by atoms with E-state index in [1.807, 2.05) is 6.07 Å². The minimum Gasteiger partial charge on any atom is -0.507 e. The maximum absolute atomic E-state index is 11.2. The first-order chi connectivity index (χ1) is 5.84. The van der Waals surface area contributed by atoms with Crippen LogP contribution in [0.1, 0.15) is 10.4 Å². The maximum Gasteiger partial charge on any atom is 0.193 e. The topological polar surface area (TPSA) is 37.3 Å². The van der Waals surface area contributed by atoms with Gasteiger partial charge in [0, 0.05) is 11.6 Å². The zero-order valence-corrected chi connectivity index (χ0v) is 6.40. The quantitative estimate of drug-likeness (QED) is 0.311. The molecule has 0 saturated heterocycles. The summed E-state index contributed by atoms with van der Waals surface area (Å²) in [5.41, 5.74) is 2.89. The largest absolute Gasteiger partial charge is 0.507 e. The molecule has 1 aromatic carbocycles. The number of hydrogen-bond donors (Lipinski definition) is 1. The van der Waals surface area contributed by atoms with E-state index < -0.39 is 0 Å². The Morgan fingerprint density at radius 3 is 2.58 bits per heavy atom. The molecule has 0 bridgehead atoms. The van der Waals surface area contributed by atoms with Gasteiger partial charge in [-0.3, -0.25) is 4.79 Å². The highest BCUT2D eigenvalue weighted by Gasteiger charge is 1.97. The van der Waals surface area contributed by atoms with Crippen molar-refractivity contribution in [1.29, 1.82) is 0 Å². The molecule has 0 atom stereocenters. The van der Waals surface area contributed by atoms with Gasteiger partial charge in [0.1, 0.15) is 6.26 Å². The van der Waals surface area contributed by atoms with Gasteiger partial charge in [-0.2, -0.15) is 0 Å². The molecular formula is C10H8O2. The molecule has 0 heterocycles. The maximum atomic E-state index is 11.2. The van der Waals surface area contributed by atoms with Crippen molar-refractivity contribution in [2.45, 2.75) is 0 Å². The van der Waals surface area contributed by atoms with E-state index in [0.29, 0.717) is 11.8 Å². The number of hydrogen-bond acceptors (Lipinski definition) is 2. The first-order valence-corrected chi connectivity index (χ1v) is 3.49. The van der Waals surface area contributed by atoms with Gasteiger partial charge in [-0.25, -0.2) is 0 Å². The number of allylic oxidation sites excluding steroid dienone is 1. The van der Waals surface area contributed by atoms with Crippen LogP contribution in [0.2, 0.25) is 0 Å². The van der Waals surface area contributed by atoms with Gasteiger partial charge in [-0.05, 0) is 0 Å². The van der Waals surface area contributed by atoms with E-state index in [0.717, 1.165) is 0 Å². The third-order valence-electron chi connectivity index (χ3n) is 1.35. The standard InChI is InChI=1S/C10H8O2/c11-8-4-7-10(12)9-5-2-1-3-6-9/h1-3,5-8,11H. The molecule has 0 aliphatic carbocycles. The molecular weight excluding hydrogens is 152 g/mol. The van der Waals surface area contributed by atoms with Gasteiger partial charge in [0.15, 0.2) is 5.78 Å². The molecule has 60 valence electrons. The lowest BCUT2D eigenvalue weighted by Crippen LogP contribution is -1.91. The SMILES string of the molecule is O=C(C=C=CO)c1ccccc1. The smallest absolute Gasteiger partial charge is 0.193 e. The summed E-state index contributed by atoms with van der Waals surface area (Å²) >= 11 is 0. The fourth-order valence-corrected chi connectivity index (χ4v) is 0.799. The molecule has 0 aliphatic heterocycles. The lowest BCUT2D eigenvalue weighted by atomic mass is 10.1. The van der Waals surface area contributed by atoms with Crippen LogP contribution in [-0.4, -0.2) is 10.9 Å². The van der Waals surface area contributed by atoms with Gasteiger partial charge >= 0.3 is 0 Å². The van der Waals surface area contributed by atoms with E-state index in [1.165, 1.54) is 6.08 Å². The molecule has 2 heteroatoms. The Kier molecular flexibility index (Phi) is 2.88. The van der Waals surface area contributed by atoms with E-state index in [2.05, 4.69) is 5.73 Å². The van der Waals surface area contributed by atoms with Gasteiger partial charge in [0.2, 0.25) is 0 Å². The van der Waals surface area contributed by atoms with Crippen LogP contribution in [0.25, 0.3) is 0 Å². The van der Waals surface area contributed by atoms with Crippen LogP contribution in [0.3, 0.4) is 0 Å². The Morgan fingerprint density at radius 1 is 1.33 bits per heavy atom. The van der Waals surface area contributed by atoms with Crippen LogP contribution in [0.4, 0.5) is 0 Å². The molecule has 0 saturated carbocycles. The van der Waals surface area contributed by atoms with Gasteiger partial charge in [-0.15, -0.1) is 0 Å². The minimum atomic E-state index is -0.166. The molecule has 1 aromatic rings. The highest BCUT2D eigenvalue weighted by atomic mass is 16.2. The molecule has 1 rings (SSSR count). The molecule has 0 aliphatic rings. The fraction of sp³-hybridized carbons (Fsp3) is 0. The second-order valence-corrected chi connectivity index (χ2v) is 2.17. The number of aliphatic hydroxyl groups is 1. The molecule has 0 aromatic heterocycles. The van der Waals surface area contributed by atoms with Crippen molar-refractivity contribution < 1.29 is 9.90 Å². The minimum absolute atomic E-state index is 0.166. The Labute approximate surface area is 70.5 Å². The van der Waals surface area contributed by atoms with Crippen LogP contribution in [-0.2, 0) is 0 Å². The zero-order valence-electron chi connectivity index (χ0n) is 6.40. The summed E-state index contributed by atoms with van der Waals surface area (Å²) in [5.74, 6) is -0.166. The summed E-state index contributed by atoms with van der Waals surface area (Å²) in [6, 6.07) is 8.81. The van der Waals surface area contributed by atoms with Gasteiger partial charge in [0.25, 0.3) is 0 Å². The first kappa shape index (κ1) is 8.31. The van der Waals surface area contributed by atoms with Crippen molar-refractivity contribution >= 4 is 5.78 Å². The number of ketones is 1. The number of benzene rings is 1. The summed E-state index contributed by atoms with van der Waals surface area (Å²) in [6.07, 6.45) is 1.90. The van der Waals surface area contributed by atoms with Crippen molar-refractivity contribution in [2.24, 2.45) is 0 Å². The lowest BCUT2D eigenvalue weighted by molar-refractivity contribution is 0.104. The lowest BCUT2D eigenvalue weighted by Gasteiger charge is -1.90.